The lowest BCUT2D eigenvalue weighted by Gasteiger charge is -2.31. The molecule has 1 aromatic carbocycles. The minimum atomic E-state index is 0.395. The Morgan fingerprint density at radius 3 is 2.68 bits per heavy atom. The number of likely N-dealkylation sites (tertiary alicyclic amines) is 2. The smallest absolute Gasteiger partial charge is 0.115 e. The van der Waals surface area contributed by atoms with Crippen molar-refractivity contribution in [3.8, 4) is 23.5 Å². The molecule has 5 rings (SSSR count). The van der Waals surface area contributed by atoms with Crippen molar-refractivity contribution in [2.24, 2.45) is 0 Å². The monoisotopic (exact) mass is 454 g/mol. The van der Waals surface area contributed by atoms with Gasteiger partial charge in [0.15, 0.2) is 0 Å². The zero-order valence-electron chi connectivity index (χ0n) is 19.9. The quantitative estimate of drug-likeness (QED) is 0.522. The number of fused-ring (bicyclic) bond motifs is 1. The molecule has 4 heterocycles. The molecule has 6 heteroatoms. The summed E-state index contributed by atoms with van der Waals surface area (Å²) in [5.74, 6) is 2.74. The molecule has 3 aromatic rings. The van der Waals surface area contributed by atoms with Gasteiger partial charge in [-0.05, 0) is 68.1 Å². The highest BCUT2D eigenvalue weighted by Crippen LogP contribution is 2.28. The highest BCUT2D eigenvalue weighted by molar-refractivity contribution is 5.92. The van der Waals surface area contributed by atoms with Gasteiger partial charge in [-0.25, -0.2) is 0 Å². The van der Waals surface area contributed by atoms with Gasteiger partial charge in [0, 0.05) is 49.0 Å². The van der Waals surface area contributed by atoms with Gasteiger partial charge in [0.25, 0.3) is 0 Å². The maximum atomic E-state index is 5.46. The molecule has 2 saturated heterocycles. The van der Waals surface area contributed by atoms with Gasteiger partial charge in [-0.15, -0.1) is 6.42 Å². The molecule has 0 amide bonds. The Hall–Kier alpha value is -3.14. The zero-order chi connectivity index (χ0) is 23.3. The van der Waals surface area contributed by atoms with Crippen molar-refractivity contribution in [1.29, 1.82) is 0 Å². The summed E-state index contributed by atoms with van der Waals surface area (Å²) in [4.78, 5) is 9.41. The summed E-state index contributed by atoms with van der Waals surface area (Å²) < 4.78 is 0. The lowest BCUT2D eigenvalue weighted by molar-refractivity contribution is 0.220. The van der Waals surface area contributed by atoms with Gasteiger partial charge >= 0.3 is 0 Å². The minimum Gasteiger partial charge on any atom is -0.381 e. The molecule has 0 unspecified atom stereocenters. The molecule has 0 spiro atoms. The van der Waals surface area contributed by atoms with E-state index < -0.39 is 0 Å². The van der Waals surface area contributed by atoms with E-state index in [2.05, 4.69) is 67.1 Å². The van der Waals surface area contributed by atoms with E-state index in [1.807, 2.05) is 12.4 Å². The molecule has 0 aliphatic carbocycles. The fourth-order valence-corrected chi connectivity index (χ4v) is 5.21. The first-order valence-electron chi connectivity index (χ1n) is 12.5. The van der Waals surface area contributed by atoms with Crippen molar-refractivity contribution in [3.05, 3.63) is 54.5 Å². The molecule has 0 radical (unpaired) electrons. The average molecular weight is 455 g/mol. The molecule has 2 aromatic heterocycles. The number of hydrogen-bond acceptors (Lipinski definition) is 5. The number of nitrogens with one attached hydrogen (secondary N) is 2. The van der Waals surface area contributed by atoms with E-state index in [4.69, 9.17) is 6.42 Å². The Labute approximate surface area is 202 Å². The van der Waals surface area contributed by atoms with Gasteiger partial charge in [-0.1, -0.05) is 25.0 Å². The lowest BCUT2D eigenvalue weighted by Crippen LogP contribution is -2.41. The van der Waals surface area contributed by atoms with E-state index in [-0.39, 0.29) is 0 Å². The van der Waals surface area contributed by atoms with E-state index in [0.29, 0.717) is 6.04 Å². The maximum Gasteiger partial charge on any atom is 0.115 e. The zero-order valence-corrected chi connectivity index (χ0v) is 19.9. The normalized spacial score (nSPS) is 18.1. The van der Waals surface area contributed by atoms with Crippen molar-refractivity contribution >= 4 is 16.6 Å². The number of rotatable bonds is 7. The molecule has 2 aliphatic rings. The summed E-state index contributed by atoms with van der Waals surface area (Å²) in [6, 6.07) is 9.12. The van der Waals surface area contributed by atoms with Crippen LogP contribution in [0.5, 0.6) is 0 Å². The van der Waals surface area contributed by atoms with Gasteiger partial charge < -0.3 is 5.32 Å². The van der Waals surface area contributed by atoms with Gasteiger partial charge in [-0.2, -0.15) is 5.10 Å². The summed E-state index contributed by atoms with van der Waals surface area (Å²) in [6.45, 7) is 10.4. The van der Waals surface area contributed by atoms with E-state index in [1.165, 1.54) is 37.9 Å². The van der Waals surface area contributed by atoms with Crippen molar-refractivity contribution in [2.75, 3.05) is 32.7 Å². The maximum absolute atomic E-state index is 5.46. The number of aromatic amines is 1. The van der Waals surface area contributed by atoms with Crippen LogP contribution in [-0.2, 0) is 6.54 Å². The van der Waals surface area contributed by atoms with Crippen molar-refractivity contribution < 1.29 is 0 Å². The van der Waals surface area contributed by atoms with E-state index in [9.17, 15) is 0 Å². The molecule has 34 heavy (non-hydrogen) atoms. The Morgan fingerprint density at radius 1 is 1.06 bits per heavy atom. The minimum absolute atomic E-state index is 0.395. The third kappa shape index (κ3) is 5.16. The van der Waals surface area contributed by atoms with Gasteiger partial charge in [0.2, 0.25) is 0 Å². The van der Waals surface area contributed by atoms with Crippen molar-refractivity contribution in [2.45, 2.75) is 44.7 Å². The van der Waals surface area contributed by atoms with Crippen LogP contribution >= 0.6 is 0 Å². The van der Waals surface area contributed by atoms with E-state index in [0.717, 1.165) is 72.4 Å². The van der Waals surface area contributed by atoms with Crippen LogP contribution in [0.2, 0.25) is 0 Å². The van der Waals surface area contributed by atoms with Crippen LogP contribution in [0.3, 0.4) is 0 Å². The van der Waals surface area contributed by atoms with Gasteiger partial charge in [-0.3, -0.25) is 19.9 Å². The molecule has 0 atom stereocenters. The Balaban J connectivity index is 1.31. The third-order valence-corrected chi connectivity index (χ3v) is 7.11. The lowest BCUT2D eigenvalue weighted by atomic mass is 10.0. The van der Waals surface area contributed by atoms with E-state index >= 15 is 0 Å². The molecule has 0 saturated carbocycles. The molecule has 6 nitrogen and oxygen atoms in total. The second-order valence-electron chi connectivity index (χ2n) is 9.63. The third-order valence-electron chi connectivity index (χ3n) is 7.11. The van der Waals surface area contributed by atoms with Crippen LogP contribution < -0.4 is 5.32 Å². The predicted molar refractivity (Wildman–Crippen MR) is 139 cm³/mol. The summed E-state index contributed by atoms with van der Waals surface area (Å²) in [5, 5.41) is 12.5. The molecule has 0 bridgehead atoms. The van der Waals surface area contributed by atoms with Crippen LogP contribution in [0.1, 0.15) is 43.4 Å². The first kappa shape index (κ1) is 22.6. The van der Waals surface area contributed by atoms with Gasteiger partial charge in [0.05, 0.1) is 17.8 Å². The highest BCUT2D eigenvalue weighted by atomic mass is 15.2. The van der Waals surface area contributed by atoms with Crippen molar-refractivity contribution in [3.63, 3.8) is 0 Å². The Morgan fingerprint density at radius 2 is 1.88 bits per heavy atom. The van der Waals surface area contributed by atoms with Crippen LogP contribution in [0, 0.1) is 12.3 Å². The number of benzene rings is 1. The van der Waals surface area contributed by atoms with E-state index in [1.54, 1.807) is 0 Å². The number of H-pyrrole nitrogens is 1. The second-order valence-corrected chi connectivity index (χ2v) is 9.63. The number of terminal acetylenes is 1. The topological polar surface area (TPSA) is 60.1 Å². The summed E-state index contributed by atoms with van der Waals surface area (Å²) in [6.07, 6.45) is 15.5. The highest BCUT2D eigenvalue weighted by Gasteiger charge is 2.20. The largest absolute Gasteiger partial charge is 0.381 e. The number of hydrogen-bond donors (Lipinski definition) is 2. The van der Waals surface area contributed by atoms with Crippen molar-refractivity contribution in [1.82, 2.24) is 30.3 Å². The number of pyridine rings is 1. The van der Waals surface area contributed by atoms with Gasteiger partial charge in [0.1, 0.15) is 5.69 Å². The predicted octanol–water partition coefficient (Wildman–Crippen LogP) is 4.27. The number of aromatic nitrogens is 3. The number of nitrogens with zero attached hydrogens (tertiary/aromatic N) is 4. The molecular weight excluding hydrogens is 420 g/mol. The summed E-state index contributed by atoms with van der Waals surface area (Å²) in [7, 11) is 0. The molecule has 2 fully saturated rings. The summed E-state index contributed by atoms with van der Waals surface area (Å²) in [5.41, 5.74) is 6.34. The van der Waals surface area contributed by atoms with Crippen LogP contribution in [0.25, 0.3) is 27.7 Å². The van der Waals surface area contributed by atoms with Crippen LogP contribution in [-0.4, -0.2) is 63.7 Å². The fraction of sp³-hybridized carbons (Fsp3) is 0.429. The Bertz CT molecular complexity index is 1180. The standard InChI is InChI=1S/C28H34N6/c1-3-11-33-14-9-25(10-15-33)30-21(2)28-26-17-23(7-8-27(26)31-32-28)24-16-22(18-29-19-24)20-34-12-5-4-6-13-34/h1,7-8,16-19,25,30H,2,4-6,9-15,20H2,(H,31,32). The molecule has 2 N–H and O–H groups in total. The SMILES string of the molecule is C#CCN1CCC(NC(=C)c2n[nH]c3ccc(-c4cncc(CN5CCCCC5)c4)cc23)CC1. The van der Waals surface area contributed by atoms with Crippen LogP contribution in [0.15, 0.2) is 43.2 Å². The number of piperidine rings is 2. The molecule has 2 aliphatic heterocycles. The fourth-order valence-electron chi connectivity index (χ4n) is 5.21. The second kappa shape index (κ2) is 10.4. The summed E-state index contributed by atoms with van der Waals surface area (Å²) >= 11 is 0. The van der Waals surface area contributed by atoms with Crippen LogP contribution in [0.4, 0.5) is 0 Å². The molecular formula is C28H34N6. The first-order valence-corrected chi connectivity index (χ1v) is 12.5. The Kier molecular flexibility index (Phi) is 6.94. The first-order chi connectivity index (χ1) is 16.7. The molecule has 176 valence electrons. The average Bonchev–Trinajstić information content (AvgIpc) is 3.30.